The number of aromatic nitrogens is 3. The van der Waals surface area contributed by atoms with Crippen LogP contribution < -0.4 is 5.56 Å². The molecule has 0 unspecified atom stereocenters. The van der Waals surface area contributed by atoms with Crippen LogP contribution in [-0.4, -0.2) is 30.5 Å². The van der Waals surface area contributed by atoms with Gasteiger partial charge in [-0.05, 0) is 41.6 Å². The Morgan fingerprint density at radius 2 is 2.10 bits per heavy atom. The molecule has 9 heteroatoms. The number of carbonyl (C=O) groups is 1. The lowest BCUT2D eigenvalue weighted by Gasteiger charge is -2.10. The summed E-state index contributed by atoms with van der Waals surface area (Å²) in [6, 6.07) is 9.24. The first kappa shape index (κ1) is 19.4. The number of rotatable bonds is 5. The first-order valence-corrected chi connectivity index (χ1v) is 9.84. The fourth-order valence-electron chi connectivity index (χ4n) is 3.38. The fourth-order valence-corrected chi connectivity index (χ4v) is 4.32. The van der Waals surface area contributed by atoms with Gasteiger partial charge in [-0.3, -0.25) is 14.0 Å². The van der Waals surface area contributed by atoms with E-state index in [-0.39, 0.29) is 12.1 Å². The van der Waals surface area contributed by atoms with Crippen LogP contribution in [0.5, 0.6) is 5.75 Å². The summed E-state index contributed by atoms with van der Waals surface area (Å²) in [5, 5.41) is 34.5. The molecule has 4 aromatic rings. The van der Waals surface area contributed by atoms with Crippen molar-refractivity contribution in [3.63, 3.8) is 0 Å². The van der Waals surface area contributed by atoms with Crippen LogP contribution in [0, 0.1) is 18.3 Å². The predicted molar refractivity (Wildman–Crippen MR) is 111 cm³/mol. The molecule has 0 aliphatic rings. The van der Waals surface area contributed by atoms with Crippen LogP contribution in [-0.2, 0) is 13.1 Å². The fraction of sp³-hybridized carbons (Fsp3) is 0.143. The van der Waals surface area contributed by atoms with Crippen LogP contribution in [0.15, 0.2) is 46.8 Å². The topological polar surface area (TPSA) is 121 Å². The maximum absolute atomic E-state index is 12.6. The highest BCUT2D eigenvalue weighted by molar-refractivity contribution is 7.17. The second-order valence-corrected chi connectivity index (χ2v) is 7.77. The average molecular weight is 420 g/mol. The molecule has 3 aromatic heterocycles. The summed E-state index contributed by atoms with van der Waals surface area (Å²) in [6.07, 6.45) is 3.43. The Hall–Kier alpha value is -3.90. The van der Waals surface area contributed by atoms with Crippen LogP contribution >= 0.6 is 11.3 Å². The van der Waals surface area contributed by atoms with Crippen LogP contribution in [0.2, 0.25) is 0 Å². The molecule has 0 saturated carbocycles. The molecule has 0 amide bonds. The molecule has 1 aromatic carbocycles. The molecule has 0 radical (unpaired) electrons. The molecule has 0 fully saturated rings. The molecule has 2 N–H and O–H groups in total. The van der Waals surface area contributed by atoms with Crippen LogP contribution in [0.1, 0.15) is 32.6 Å². The van der Waals surface area contributed by atoms with E-state index in [4.69, 9.17) is 5.26 Å². The highest BCUT2D eigenvalue weighted by Gasteiger charge is 2.22. The molecule has 0 spiro atoms. The lowest BCUT2D eigenvalue weighted by Crippen LogP contribution is -2.22. The molecule has 0 atom stereocenters. The number of nitrogens with zero attached hydrogens (tertiary/aromatic N) is 4. The van der Waals surface area contributed by atoms with Gasteiger partial charge in [0.1, 0.15) is 5.56 Å². The zero-order valence-electron chi connectivity index (χ0n) is 15.9. The van der Waals surface area contributed by atoms with Gasteiger partial charge in [-0.2, -0.15) is 10.4 Å². The third-order valence-electron chi connectivity index (χ3n) is 4.89. The van der Waals surface area contributed by atoms with Crippen molar-refractivity contribution in [1.82, 2.24) is 14.3 Å². The van der Waals surface area contributed by atoms with Gasteiger partial charge in [-0.1, -0.05) is 6.07 Å². The lowest BCUT2D eigenvalue weighted by atomic mass is 10.1. The van der Waals surface area contributed by atoms with Crippen molar-refractivity contribution in [2.24, 2.45) is 0 Å². The standard InChI is InChI=1S/C21H16N4O4S/c1-12-6-13(7-22)2-3-15(12)11-24-9-14(8-23-24)10-25-16-4-5-30-19(16)17(21(28)29)18(26)20(25)27/h2-6,8-9,26H,10-11H2,1H3,(H,28,29). The van der Waals surface area contributed by atoms with Gasteiger partial charge in [-0.15, -0.1) is 11.3 Å². The minimum atomic E-state index is -1.34. The first-order valence-electron chi connectivity index (χ1n) is 8.96. The van der Waals surface area contributed by atoms with E-state index in [0.717, 1.165) is 28.0 Å². The Morgan fingerprint density at radius 1 is 1.30 bits per heavy atom. The summed E-state index contributed by atoms with van der Waals surface area (Å²) in [5.41, 5.74) is 2.67. The molecular weight excluding hydrogens is 404 g/mol. The molecule has 0 saturated heterocycles. The summed E-state index contributed by atoms with van der Waals surface area (Å²) < 4.78 is 3.42. The van der Waals surface area contributed by atoms with Gasteiger partial charge in [0.05, 0.1) is 41.1 Å². The Labute approximate surface area is 174 Å². The van der Waals surface area contributed by atoms with Gasteiger partial charge >= 0.3 is 5.97 Å². The minimum absolute atomic E-state index is 0.145. The van der Waals surface area contributed by atoms with Gasteiger partial charge in [0.2, 0.25) is 0 Å². The Morgan fingerprint density at radius 3 is 2.80 bits per heavy atom. The van der Waals surface area contributed by atoms with Crippen LogP contribution in [0.3, 0.4) is 0 Å². The van der Waals surface area contributed by atoms with E-state index in [1.54, 1.807) is 34.6 Å². The monoisotopic (exact) mass is 420 g/mol. The van der Waals surface area contributed by atoms with Crippen molar-refractivity contribution in [2.45, 2.75) is 20.0 Å². The van der Waals surface area contributed by atoms with E-state index < -0.39 is 17.3 Å². The Kier molecular flexibility index (Phi) is 4.85. The number of pyridine rings is 1. The van der Waals surface area contributed by atoms with E-state index in [1.807, 2.05) is 19.1 Å². The molecule has 150 valence electrons. The summed E-state index contributed by atoms with van der Waals surface area (Å²) in [7, 11) is 0. The van der Waals surface area contributed by atoms with E-state index >= 15 is 0 Å². The van der Waals surface area contributed by atoms with Crippen molar-refractivity contribution in [2.75, 3.05) is 0 Å². The number of hydrogen-bond donors (Lipinski definition) is 2. The lowest BCUT2D eigenvalue weighted by molar-refractivity contribution is 0.0695. The molecular formula is C21H16N4O4S. The number of aryl methyl sites for hydroxylation is 1. The highest BCUT2D eigenvalue weighted by atomic mass is 32.1. The third kappa shape index (κ3) is 3.33. The van der Waals surface area contributed by atoms with Crippen molar-refractivity contribution < 1.29 is 15.0 Å². The number of fused-ring (bicyclic) bond motifs is 1. The largest absolute Gasteiger partial charge is 0.502 e. The molecule has 8 nitrogen and oxygen atoms in total. The van der Waals surface area contributed by atoms with E-state index in [2.05, 4.69) is 11.2 Å². The molecule has 0 bridgehead atoms. The van der Waals surface area contributed by atoms with Crippen LogP contribution in [0.25, 0.3) is 10.2 Å². The summed E-state index contributed by atoms with van der Waals surface area (Å²) in [4.78, 5) is 24.1. The number of carboxylic acid groups (broad SMARTS) is 1. The Bertz CT molecular complexity index is 1390. The second kappa shape index (κ2) is 7.50. The van der Waals surface area contributed by atoms with Gasteiger partial charge < -0.3 is 10.2 Å². The van der Waals surface area contributed by atoms with Crippen molar-refractivity contribution >= 4 is 27.5 Å². The second-order valence-electron chi connectivity index (χ2n) is 6.85. The van der Waals surface area contributed by atoms with Crippen molar-refractivity contribution in [3.05, 3.63) is 80.2 Å². The van der Waals surface area contributed by atoms with Crippen molar-refractivity contribution in [3.8, 4) is 11.8 Å². The van der Waals surface area contributed by atoms with E-state index in [1.165, 1.54) is 4.57 Å². The smallest absolute Gasteiger partial charge is 0.341 e. The van der Waals surface area contributed by atoms with Gasteiger partial charge in [-0.25, -0.2) is 4.79 Å². The summed E-state index contributed by atoms with van der Waals surface area (Å²) in [6.45, 7) is 2.58. The quantitative estimate of drug-likeness (QED) is 0.512. The highest BCUT2D eigenvalue weighted by Crippen LogP contribution is 2.29. The van der Waals surface area contributed by atoms with Gasteiger partial charge in [0.25, 0.3) is 5.56 Å². The number of nitriles is 1. The zero-order chi connectivity index (χ0) is 21.4. The molecule has 4 rings (SSSR count). The average Bonchev–Trinajstić information content (AvgIpc) is 3.36. The number of benzene rings is 1. The number of aromatic hydroxyl groups is 1. The number of hydrogen-bond acceptors (Lipinski definition) is 6. The van der Waals surface area contributed by atoms with E-state index in [0.29, 0.717) is 22.3 Å². The molecule has 3 heterocycles. The number of thiophene rings is 1. The summed E-state index contributed by atoms with van der Waals surface area (Å²) >= 11 is 1.16. The third-order valence-corrected chi connectivity index (χ3v) is 5.81. The number of aromatic carboxylic acids is 1. The molecule has 0 aliphatic heterocycles. The minimum Gasteiger partial charge on any atom is -0.502 e. The van der Waals surface area contributed by atoms with Crippen LogP contribution in [0.4, 0.5) is 0 Å². The van der Waals surface area contributed by atoms with Crippen molar-refractivity contribution in [1.29, 1.82) is 5.26 Å². The zero-order valence-corrected chi connectivity index (χ0v) is 16.7. The predicted octanol–water partition coefficient (Wildman–Crippen LogP) is 2.94. The maximum atomic E-state index is 12.6. The normalized spacial score (nSPS) is 10.9. The number of carboxylic acids is 1. The first-order chi connectivity index (χ1) is 14.4. The SMILES string of the molecule is Cc1cc(C#N)ccc1Cn1cc(Cn2c(=O)c(O)c(C(=O)O)c3sccc32)cn1. The Balaban J connectivity index is 1.66. The summed E-state index contributed by atoms with van der Waals surface area (Å²) in [5.74, 6) is -2.10. The molecule has 30 heavy (non-hydrogen) atoms. The molecule has 0 aliphatic carbocycles. The van der Waals surface area contributed by atoms with E-state index in [9.17, 15) is 19.8 Å². The van der Waals surface area contributed by atoms with Gasteiger partial charge in [0, 0.05) is 11.8 Å². The van der Waals surface area contributed by atoms with Gasteiger partial charge in [0.15, 0.2) is 5.75 Å². The maximum Gasteiger partial charge on any atom is 0.341 e.